The lowest BCUT2D eigenvalue weighted by Crippen LogP contribution is -2.48. The van der Waals surface area contributed by atoms with Crippen LogP contribution in [0.1, 0.15) is 46.5 Å². The van der Waals surface area contributed by atoms with Crippen LogP contribution >= 0.6 is 0 Å². The molecule has 2 aliphatic rings. The summed E-state index contributed by atoms with van der Waals surface area (Å²) in [6.45, 7) is 10.5. The Labute approximate surface area is 151 Å². The number of urea groups is 1. The topological polar surface area (TPSA) is 73.9 Å². The zero-order valence-corrected chi connectivity index (χ0v) is 16.1. The molecule has 2 saturated heterocycles. The van der Waals surface area contributed by atoms with Crippen LogP contribution in [-0.4, -0.2) is 73.3 Å². The summed E-state index contributed by atoms with van der Waals surface area (Å²) in [7, 11) is 1.68. The minimum atomic E-state index is -0.450. The smallest absolute Gasteiger partial charge is 0.407 e. The van der Waals surface area contributed by atoms with E-state index in [1.165, 1.54) is 0 Å². The molecule has 0 aromatic rings. The maximum atomic E-state index is 11.9. The van der Waals surface area contributed by atoms with Gasteiger partial charge in [-0.05, 0) is 52.4 Å². The molecule has 3 amide bonds. The summed E-state index contributed by atoms with van der Waals surface area (Å²) in [5.74, 6) is 0.663. The van der Waals surface area contributed by atoms with Gasteiger partial charge in [0, 0.05) is 45.8 Å². The van der Waals surface area contributed by atoms with Crippen LogP contribution in [0, 0.1) is 5.92 Å². The Balaban J connectivity index is 1.64. The largest absolute Gasteiger partial charge is 0.444 e. The highest BCUT2D eigenvalue weighted by Gasteiger charge is 2.27. The van der Waals surface area contributed by atoms with Gasteiger partial charge in [0.25, 0.3) is 0 Å². The van der Waals surface area contributed by atoms with Gasteiger partial charge in [0.2, 0.25) is 0 Å². The molecule has 7 nitrogen and oxygen atoms in total. The molecule has 0 atom stereocenters. The van der Waals surface area contributed by atoms with Crippen molar-refractivity contribution in [2.45, 2.75) is 58.1 Å². The van der Waals surface area contributed by atoms with Crippen molar-refractivity contribution in [1.29, 1.82) is 0 Å². The van der Waals surface area contributed by atoms with E-state index >= 15 is 0 Å². The average molecular weight is 354 g/mol. The van der Waals surface area contributed by atoms with Gasteiger partial charge in [0.15, 0.2) is 0 Å². The number of nitrogens with zero attached hydrogens (tertiary/aromatic N) is 2. The molecule has 2 N–H and O–H groups in total. The van der Waals surface area contributed by atoms with Crippen LogP contribution in [0.15, 0.2) is 0 Å². The van der Waals surface area contributed by atoms with Crippen LogP contribution in [0.2, 0.25) is 0 Å². The number of likely N-dealkylation sites (tertiary alicyclic amines) is 2. The Kier molecular flexibility index (Phi) is 6.93. The monoisotopic (exact) mass is 354 g/mol. The number of carbonyl (C=O) groups excluding carboxylic acids is 2. The number of piperidine rings is 2. The Bertz CT molecular complexity index is 448. The lowest BCUT2D eigenvalue weighted by Gasteiger charge is -2.37. The van der Waals surface area contributed by atoms with Crippen molar-refractivity contribution < 1.29 is 14.3 Å². The van der Waals surface area contributed by atoms with Gasteiger partial charge in [-0.3, -0.25) is 0 Å². The lowest BCUT2D eigenvalue weighted by molar-refractivity contribution is 0.0472. The molecular weight excluding hydrogens is 320 g/mol. The minimum Gasteiger partial charge on any atom is -0.444 e. The summed E-state index contributed by atoms with van der Waals surface area (Å²) in [5, 5.41) is 5.68. The predicted molar refractivity (Wildman–Crippen MR) is 97.6 cm³/mol. The van der Waals surface area contributed by atoms with Crippen molar-refractivity contribution in [3.05, 3.63) is 0 Å². The molecular formula is C18H34N4O3. The van der Waals surface area contributed by atoms with Crippen LogP contribution in [0.25, 0.3) is 0 Å². The summed E-state index contributed by atoms with van der Waals surface area (Å²) in [4.78, 5) is 27.9. The maximum Gasteiger partial charge on any atom is 0.407 e. The number of rotatable bonds is 3. The second-order valence-corrected chi connectivity index (χ2v) is 8.21. The Hall–Kier alpha value is -1.50. The lowest BCUT2D eigenvalue weighted by atomic mass is 9.95. The van der Waals surface area contributed by atoms with E-state index in [1.54, 1.807) is 7.05 Å². The van der Waals surface area contributed by atoms with Crippen LogP contribution in [0.5, 0.6) is 0 Å². The second kappa shape index (κ2) is 8.74. The summed E-state index contributed by atoms with van der Waals surface area (Å²) in [6.07, 6.45) is 3.77. The molecule has 2 fully saturated rings. The first-order valence-electron chi connectivity index (χ1n) is 9.45. The summed E-state index contributed by atoms with van der Waals surface area (Å²) in [5.41, 5.74) is -0.450. The zero-order chi connectivity index (χ0) is 18.4. The molecule has 0 bridgehead atoms. The number of carbonyl (C=O) groups is 2. The van der Waals surface area contributed by atoms with E-state index in [0.717, 1.165) is 58.4 Å². The molecule has 2 rings (SSSR count). The van der Waals surface area contributed by atoms with Gasteiger partial charge >= 0.3 is 12.1 Å². The summed E-state index contributed by atoms with van der Waals surface area (Å²) in [6, 6.07) is 0.244. The van der Waals surface area contributed by atoms with Gasteiger partial charge in [-0.25, -0.2) is 9.59 Å². The number of alkyl carbamates (subject to hydrolysis) is 1. The molecule has 0 unspecified atom stereocenters. The molecule has 0 aromatic carbocycles. The fourth-order valence-electron chi connectivity index (χ4n) is 3.58. The highest BCUT2D eigenvalue weighted by molar-refractivity contribution is 5.73. The van der Waals surface area contributed by atoms with E-state index in [4.69, 9.17) is 4.74 Å². The van der Waals surface area contributed by atoms with Crippen molar-refractivity contribution in [1.82, 2.24) is 20.4 Å². The molecule has 0 spiro atoms. The van der Waals surface area contributed by atoms with E-state index < -0.39 is 5.60 Å². The fraction of sp³-hybridized carbons (Fsp3) is 0.889. The van der Waals surface area contributed by atoms with Gasteiger partial charge in [-0.2, -0.15) is 0 Å². The highest BCUT2D eigenvalue weighted by Crippen LogP contribution is 2.21. The second-order valence-electron chi connectivity index (χ2n) is 8.21. The summed E-state index contributed by atoms with van der Waals surface area (Å²) >= 11 is 0. The van der Waals surface area contributed by atoms with E-state index in [-0.39, 0.29) is 18.2 Å². The first kappa shape index (κ1) is 19.8. The number of amides is 3. The van der Waals surface area contributed by atoms with Crippen molar-refractivity contribution in [2.24, 2.45) is 5.92 Å². The Morgan fingerprint density at radius 3 is 2.16 bits per heavy atom. The molecule has 0 saturated carbocycles. The van der Waals surface area contributed by atoms with Gasteiger partial charge in [-0.15, -0.1) is 0 Å². The van der Waals surface area contributed by atoms with E-state index in [9.17, 15) is 9.59 Å². The SMILES string of the molecule is CNC(=O)N1CCC(CN2CCC(NC(=O)OC(C)(C)C)CC2)CC1. The molecule has 25 heavy (non-hydrogen) atoms. The zero-order valence-electron chi connectivity index (χ0n) is 16.1. The quantitative estimate of drug-likeness (QED) is 0.813. The Morgan fingerprint density at radius 2 is 1.64 bits per heavy atom. The molecule has 144 valence electrons. The number of ether oxygens (including phenoxy) is 1. The van der Waals surface area contributed by atoms with Crippen LogP contribution < -0.4 is 10.6 Å². The standard InChI is InChI=1S/C18H34N4O3/c1-18(2,3)25-17(24)20-15-7-9-21(10-8-15)13-14-5-11-22(12-6-14)16(23)19-4/h14-15H,5-13H2,1-4H3,(H,19,23)(H,20,24). The molecule has 0 aromatic heterocycles. The van der Waals surface area contributed by atoms with Crippen molar-refractivity contribution in [3.63, 3.8) is 0 Å². The predicted octanol–water partition coefficient (Wildman–Crippen LogP) is 2.03. The molecule has 2 heterocycles. The number of nitrogens with one attached hydrogen (secondary N) is 2. The molecule has 7 heteroatoms. The third-order valence-corrected chi connectivity index (χ3v) is 4.94. The number of hydrogen-bond acceptors (Lipinski definition) is 4. The van der Waals surface area contributed by atoms with Crippen LogP contribution in [-0.2, 0) is 4.74 Å². The van der Waals surface area contributed by atoms with Gasteiger partial charge in [-0.1, -0.05) is 0 Å². The van der Waals surface area contributed by atoms with E-state index in [0.29, 0.717) is 5.92 Å². The first-order valence-corrected chi connectivity index (χ1v) is 9.45. The third-order valence-electron chi connectivity index (χ3n) is 4.94. The van der Waals surface area contributed by atoms with E-state index in [1.807, 2.05) is 25.7 Å². The van der Waals surface area contributed by atoms with Crippen LogP contribution in [0.4, 0.5) is 9.59 Å². The highest BCUT2D eigenvalue weighted by atomic mass is 16.6. The average Bonchev–Trinajstić information content (AvgIpc) is 2.55. The van der Waals surface area contributed by atoms with E-state index in [2.05, 4.69) is 15.5 Å². The van der Waals surface area contributed by atoms with Gasteiger partial charge in [0.1, 0.15) is 5.60 Å². The fourth-order valence-corrected chi connectivity index (χ4v) is 3.58. The minimum absolute atomic E-state index is 0.0347. The summed E-state index contributed by atoms with van der Waals surface area (Å²) < 4.78 is 5.33. The van der Waals surface area contributed by atoms with Crippen molar-refractivity contribution >= 4 is 12.1 Å². The van der Waals surface area contributed by atoms with Crippen molar-refractivity contribution in [3.8, 4) is 0 Å². The Morgan fingerprint density at radius 1 is 1.04 bits per heavy atom. The van der Waals surface area contributed by atoms with Crippen LogP contribution in [0.3, 0.4) is 0 Å². The normalized spacial score (nSPS) is 21.0. The third kappa shape index (κ3) is 6.72. The van der Waals surface area contributed by atoms with Crippen molar-refractivity contribution in [2.75, 3.05) is 39.8 Å². The number of hydrogen-bond donors (Lipinski definition) is 2. The van der Waals surface area contributed by atoms with Gasteiger partial charge in [0.05, 0.1) is 0 Å². The van der Waals surface area contributed by atoms with Gasteiger partial charge < -0.3 is 25.2 Å². The molecule has 2 aliphatic heterocycles. The molecule has 0 radical (unpaired) electrons. The maximum absolute atomic E-state index is 11.9. The first-order chi connectivity index (χ1) is 11.8. The molecule has 0 aliphatic carbocycles.